The lowest BCUT2D eigenvalue weighted by Gasteiger charge is -2.13. The predicted octanol–water partition coefficient (Wildman–Crippen LogP) is 3.04. The largest absolute Gasteiger partial charge is 0.480 e. The molecule has 1 aromatic heterocycles. The van der Waals surface area contributed by atoms with E-state index in [-0.39, 0.29) is 6.04 Å². The van der Waals surface area contributed by atoms with Crippen LogP contribution in [0.25, 0.3) is 0 Å². The van der Waals surface area contributed by atoms with Gasteiger partial charge in [-0.2, -0.15) is 0 Å². The van der Waals surface area contributed by atoms with Crippen molar-refractivity contribution < 1.29 is 4.74 Å². The molecule has 0 aliphatic carbocycles. The molecule has 0 aliphatic heterocycles. The fourth-order valence-corrected chi connectivity index (χ4v) is 3.09. The highest BCUT2D eigenvalue weighted by molar-refractivity contribution is 9.10. The third-order valence-electron chi connectivity index (χ3n) is 2.49. The summed E-state index contributed by atoms with van der Waals surface area (Å²) >= 11 is 5.19. The molecule has 0 aliphatic rings. The monoisotopic (exact) mass is 339 g/mol. The van der Waals surface area contributed by atoms with Crippen LogP contribution in [0.15, 0.2) is 46.0 Å². The van der Waals surface area contributed by atoms with Crippen LogP contribution in [0.2, 0.25) is 0 Å². The van der Waals surface area contributed by atoms with Gasteiger partial charge >= 0.3 is 0 Å². The van der Waals surface area contributed by atoms with E-state index in [1.807, 2.05) is 18.2 Å². The molecular weight excluding hydrogens is 326 g/mol. The van der Waals surface area contributed by atoms with Crippen molar-refractivity contribution in [2.24, 2.45) is 5.73 Å². The van der Waals surface area contributed by atoms with Crippen LogP contribution in [-0.2, 0) is 0 Å². The molecule has 2 N–H and O–H groups in total. The van der Waals surface area contributed by atoms with Crippen LogP contribution in [0, 0.1) is 0 Å². The number of nitrogens with zero attached hydrogens (tertiary/aromatic N) is 2. The third-order valence-corrected chi connectivity index (χ3v) is 4.64. The number of thioether (sulfide) groups is 1. The summed E-state index contributed by atoms with van der Waals surface area (Å²) in [6, 6.07) is 7.83. The molecule has 6 heteroatoms. The molecule has 1 aromatic carbocycles. The zero-order valence-electron chi connectivity index (χ0n) is 10.4. The second-order valence-corrected chi connectivity index (χ2v) is 5.71. The first kappa shape index (κ1) is 14.3. The van der Waals surface area contributed by atoms with Gasteiger partial charge in [0.15, 0.2) is 0 Å². The maximum absolute atomic E-state index is 6.15. The molecule has 1 atom stereocenters. The van der Waals surface area contributed by atoms with Gasteiger partial charge in [0, 0.05) is 27.5 Å². The van der Waals surface area contributed by atoms with Gasteiger partial charge in [-0.1, -0.05) is 12.1 Å². The van der Waals surface area contributed by atoms with Gasteiger partial charge in [-0.25, -0.2) is 4.98 Å². The fourth-order valence-electron chi connectivity index (χ4n) is 1.57. The molecule has 0 saturated heterocycles. The Hall–Kier alpha value is -1.11. The van der Waals surface area contributed by atoms with E-state index in [4.69, 9.17) is 10.5 Å². The van der Waals surface area contributed by atoms with Crippen molar-refractivity contribution in [1.82, 2.24) is 9.97 Å². The highest BCUT2D eigenvalue weighted by atomic mass is 79.9. The van der Waals surface area contributed by atoms with Crippen LogP contribution in [0.4, 0.5) is 0 Å². The SMILES string of the molecule is COc1nccnc1C(N)CSc1ccccc1Br. The zero-order valence-corrected chi connectivity index (χ0v) is 12.8. The summed E-state index contributed by atoms with van der Waals surface area (Å²) in [4.78, 5) is 9.51. The van der Waals surface area contributed by atoms with Gasteiger partial charge in [-0.05, 0) is 28.1 Å². The Labute approximate surface area is 124 Å². The van der Waals surface area contributed by atoms with Crippen molar-refractivity contribution in [1.29, 1.82) is 0 Å². The van der Waals surface area contributed by atoms with Gasteiger partial charge in [-0.15, -0.1) is 11.8 Å². The normalized spacial score (nSPS) is 12.2. The second kappa shape index (κ2) is 6.88. The Kier molecular flexibility index (Phi) is 5.18. The minimum absolute atomic E-state index is 0.222. The highest BCUT2D eigenvalue weighted by Crippen LogP contribution is 2.30. The summed E-state index contributed by atoms with van der Waals surface area (Å²) in [6.07, 6.45) is 3.22. The van der Waals surface area contributed by atoms with Crippen molar-refractivity contribution in [2.75, 3.05) is 12.9 Å². The minimum atomic E-state index is -0.222. The van der Waals surface area contributed by atoms with E-state index < -0.39 is 0 Å². The summed E-state index contributed by atoms with van der Waals surface area (Å²) in [7, 11) is 1.57. The summed E-state index contributed by atoms with van der Waals surface area (Å²) in [5.41, 5.74) is 6.84. The maximum Gasteiger partial charge on any atom is 0.237 e. The Morgan fingerprint density at radius 3 is 2.79 bits per heavy atom. The molecule has 0 spiro atoms. The number of nitrogens with two attached hydrogens (primary N) is 1. The van der Waals surface area contributed by atoms with Crippen LogP contribution in [0.5, 0.6) is 5.88 Å². The first-order valence-corrected chi connectivity index (χ1v) is 7.48. The Balaban J connectivity index is 2.05. The number of methoxy groups -OCH3 is 1. The minimum Gasteiger partial charge on any atom is -0.480 e. The molecule has 0 fully saturated rings. The Morgan fingerprint density at radius 2 is 2.05 bits per heavy atom. The molecule has 0 radical (unpaired) electrons. The van der Waals surface area contributed by atoms with E-state index in [2.05, 4.69) is 32.0 Å². The van der Waals surface area contributed by atoms with Gasteiger partial charge in [0.1, 0.15) is 5.69 Å². The fraction of sp³-hybridized carbons (Fsp3) is 0.231. The van der Waals surface area contributed by atoms with E-state index in [1.54, 1.807) is 31.3 Å². The quantitative estimate of drug-likeness (QED) is 0.848. The van der Waals surface area contributed by atoms with Crippen LogP contribution in [-0.4, -0.2) is 22.8 Å². The predicted molar refractivity (Wildman–Crippen MR) is 80.4 cm³/mol. The number of hydrogen-bond donors (Lipinski definition) is 1. The lowest BCUT2D eigenvalue weighted by atomic mass is 10.2. The topological polar surface area (TPSA) is 61.0 Å². The summed E-state index contributed by atoms with van der Waals surface area (Å²) in [5, 5.41) is 0. The first-order chi connectivity index (χ1) is 9.22. The number of halogens is 1. The molecule has 2 rings (SSSR count). The summed E-state index contributed by atoms with van der Waals surface area (Å²) in [5.74, 6) is 1.19. The number of rotatable bonds is 5. The molecule has 0 bridgehead atoms. The molecule has 100 valence electrons. The lowest BCUT2D eigenvalue weighted by molar-refractivity contribution is 0.386. The average molecular weight is 340 g/mol. The Morgan fingerprint density at radius 1 is 1.32 bits per heavy atom. The van der Waals surface area contributed by atoms with Crippen molar-refractivity contribution >= 4 is 27.7 Å². The van der Waals surface area contributed by atoms with E-state index in [9.17, 15) is 0 Å². The van der Waals surface area contributed by atoms with E-state index in [0.717, 1.165) is 9.37 Å². The molecule has 2 aromatic rings. The number of benzene rings is 1. The van der Waals surface area contributed by atoms with Gasteiger partial charge in [0.05, 0.1) is 13.2 Å². The van der Waals surface area contributed by atoms with E-state index in [0.29, 0.717) is 17.3 Å². The standard InChI is InChI=1S/C13H14BrN3OS/c1-18-13-12(16-6-7-17-13)10(15)8-19-11-5-3-2-4-9(11)14/h2-7,10H,8,15H2,1H3. The molecule has 0 saturated carbocycles. The van der Waals surface area contributed by atoms with Gasteiger partial charge in [-0.3, -0.25) is 4.98 Å². The lowest BCUT2D eigenvalue weighted by Crippen LogP contribution is -2.16. The van der Waals surface area contributed by atoms with Crippen LogP contribution in [0.1, 0.15) is 11.7 Å². The average Bonchev–Trinajstić information content (AvgIpc) is 2.46. The van der Waals surface area contributed by atoms with Gasteiger partial charge in [0.2, 0.25) is 5.88 Å². The molecular formula is C13H14BrN3OS. The summed E-state index contributed by atoms with van der Waals surface area (Å²) < 4.78 is 6.24. The van der Waals surface area contributed by atoms with Crippen LogP contribution >= 0.6 is 27.7 Å². The number of ether oxygens (including phenoxy) is 1. The van der Waals surface area contributed by atoms with Gasteiger partial charge in [0.25, 0.3) is 0 Å². The Bertz CT molecular complexity index is 553. The van der Waals surface area contributed by atoms with Crippen molar-refractivity contribution in [3.63, 3.8) is 0 Å². The second-order valence-electron chi connectivity index (χ2n) is 3.80. The first-order valence-electron chi connectivity index (χ1n) is 5.70. The van der Waals surface area contributed by atoms with Crippen molar-refractivity contribution in [2.45, 2.75) is 10.9 Å². The molecule has 4 nitrogen and oxygen atoms in total. The number of hydrogen-bond acceptors (Lipinski definition) is 5. The van der Waals surface area contributed by atoms with Crippen molar-refractivity contribution in [3.05, 3.63) is 46.8 Å². The summed E-state index contributed by atoms with van der Waals surface area (Å²) in [6.45, 7) is 0. The number of aromatic nitrogens is 2. The maximum atomic E-state index is 6.15. The molecule has 0 amide bonds. The smallest absolute Gasteiger partial charge is 0.237 e. The van der Waals surface area contributed by atoms with E-state index in [1.165, 1.54) is 0 Å². The molecule has 19 heavy (non-hydrogen) atoms. The van der Waals surface area contributed by atoms with E-state index >= 15 is 0 Å². The zero-order chi connectivity index (χ0) is 13.7. The third kappa shape index (κ3) is 3.68. The van der Waals surface area contributed by atoms with Gasteiger partial charge < -0.3 is 10.5 Å². The molecule has 1 unspecified atom stereocenters. The van der Waals surface area contributed by atoms with Crippen LogP contribution < -0.4 is 10.5 Å². The highest BCUT2D eigenvalue weighted by Gasteiger charge is 2.15. The molecule has 1 heterocycles. The van der Waals surface area contributed by atoms with Crippen LogP contribution in [0.3, 0.4) is 0 Å². The van der Waals surface area contributed by atoms with Crippen molar-refractivity contribution in [3.8, 4) is 5.88 Å².